The van der Waals surface area contributed by atoms with E-state index in [0.717, 1.165) is 47.6 Å². The van der Waals surface area contributed by atoms with Crippen LogP contribution in [-0.4, -0.2) is 17.4 Å². The molecule has 102 valence electrons. The van der Waals surface area contributed by atoms with E-state index in [0.29, 0.717) is 0 Å². The number of carbonyl (C=O) groups excluding carboxylic acids is 1. The SMILES string of the molecule is O=C1c2ccccc2CN1CCCc1ccccc1Cl. The van der Waals surface area contributed by atoms with Crippen molar-refractivity contribution in [1.82, 2.24) is 4.90 Å². The standard InChI is InChI=1S/C17H16ClNO/c18-16-10-4-2-6-13(16)8-5-11-19-12-14-7-1-3-9-15(14)17(19)20/h1-4,6-7,9-10H,5,8,11-12H2. The fraction of sp³-hybridized carbons (Fsp3) is 0.235. The van der Waals surface area contributed by atoms with Gasteiger partial charge in [0.25, 0.3) is 5.91 Å². The number of amides is 1. The van der Waals surface area contributed by atoms with Crippen LogP contribution in [0.1, 0.15) is 27.9 Å². The van der Waals surface area contributed by atoms with Crippen molar-refractivity contribution in [2.24, 2.45) is 0 Å². The van der Waals surface area contributed by atoms with Crippen LogP contribution in [0, 0.1) is 0 Å². The summed E-state index contributed by atoms with van der Waals surface area (Å²) >= 11 is 6.14. The number of aryl methyl sites for hydroxylation is 1. The molecule has 0 atom stereocenters. The summed E-state index contributed by atoms with van der Waals surface area (Å²) in [5, 5.41) is 0.809. The molecule has 0 bridgehead atoms. The van der Waals surface area contributed by atoms with Crippen LogP contribution in [0.3, 0.4) is 0 Å². The Balaban J connectivity index is 1.59. The molecule has 0 unspecified atom stereocenters. The van der Waals surface area contributed by atoms with Gasteiger partial charge in [-0.1, -0.05) is 48.0 Å². The number of benzene rings is 2. The molecule has 2 aromatic carbocycles. The monoisotopic (exact) mass is 285 g/mol. The van der Waals surface area contributed by atoms with Crippen LogP contribution in [0.25, 0.3) is 0 Å². The van der Waals surface area contributed by atoms with Crippen LogP contribution in [0.15, 0.2) is 48.5 Å². The van der Waals surface area contributed by atoms with Crippen molar-refractivity contribution in [3.63, 3.8) is 0 Å². The maximum Gasteiger partial charge on any atom is 0.254 e. The third-order valence-corrected chi connectivity index (χ3v) is 4.10. The number of carbonyl (C=O) groups is 1. The quantitative estimate of drug-likeness (QED) is 0.833. The lowest BCUT2D eigenvalue weighted by molar-refractivity contribution is 0.0777. The largest absolute Gasteiger partial charge is 0.334 e. The van der Waals surface area contributed by atoms with Crippen molar-refractivity contribution in [3.8, 4) is 0 Å². The molecule has 0 saturated heterocycles. The Labute approximate surface area is 124 Å². The predicted octanol–water partition coefficient (Wildman–Crippen LogP) is 3.93. The zero-order valence-electron chi connectivity index (χ0n) is 11.2. The maximum atomic E-state index is 12.2. The summed E-state index contributed by atoms with van der Waals surface area (Å²) < 4.78 is 0. The lowest BCUT2D eigenvalue weighted by Crippen LogP contribution is -2.25. The van der Waals surface area contributed by atoms with Crippen molar-refractivity contribution in [2.75, 3.05) is 6.54 Å². The van der Waals surface area contributed by atoms with E-state index in [-0.39, 0.29) is 5.91 Å². The maximum absolute atomic E-state index is 12.2. The van der Waals surface area contributed by atoms with Gasteiger partial charge in [0.15, 0.2) is 0 Å². The van der Waals surface area contributed by atoms with Crippen molar-refractivity contribution in [1.29, 1.82) is 0 Å². The second kappa shape index (κ2) is 5.68. The molecule has 1 aliphatic heterocycles. The Hall–Kier alpha value is -1.80. The molecular formula is C17H16ClNO. The highest BCUT2D eigenvalue weighted by molar-refractivity contribution is 6.31. The zero-order valence-corrected chi connectivity index (χ0v) is 11.9. The smallest absolute Gasteiger partial charge is 0.254 e. The van der Waals surface area contributed by atoms with Crippen molar-refractivity contribution < 1.29 is 4.79 Å². The van der Waals surface area contributed by atoms with E-state index in [1.165, 1.54) is 0 Å². The van der Waals surface area contributed by atoms with Crippen LogP contribution in [0.4, 0.5) is 0 Å². The average Bonchev–Trinajstić information content (AvgIpc) is 2.78. The van der Waals surface area contributed by atoms with Gasteiger partial charge < -0.3 is 4.90 Å². The first-order valence-corrected chi connectivity index (χ1v) is 7.24. The number of fused-ring (bicyclic) bond motifs is 1. The lowest BCUT2D eigenvalue weighted by Gasteiger charge is -2.15. The molecule has 20 heavy (non-hydrogen) atoms. The Bertz CT molecular complexity index is 638. The van der Waals surface area contributed by atoms with E-state index in [4.69, 9.17) is 11.6 Å². The average molecular weight is 286 g/mol. The van der Waals surface area contributed by atoms with E-state index in [1.807, 2.05) is 53.4 Å². The predicted molar refractivity (Wildman–Crippen MR) is 81.0 cm³/mol. The minimum Gasteiger partial charge on any atom is -0.334 e. The number of nitrogens with zero attached hydrogens (tertiary/aromatic N) is 1. The van der Waals surface area contributed by atoms with Crippen molar-refractivity contribution in [3.05, 3.63) is 70.2 Å². The van der Waals surface area contributed by atoms with Crippen LogP contribution in [0.5, 0.6) is 0 Å². The highest BCUT2D eigenvalue weighted by Gasteiger charge is 2.25. The summed E-state index contributed by atoms with van der Waals surface area (Å²) in [5.74, 6) is 0.153. The first kappa shape index (κ1) is 13.2. The highest BCUT2D eigenvalue weighted by Crippen LogP contribution is 2.23. The van der Waals surface area contributed by atoms with Gasteiger partial charge in [-0.2, -0.15) is 0 Å². The van der Waals surface area contributed by atoms with Gasteiger partial charge in [0.2, 0.25) is 0 Å². The zero-order chi connectivity index (χ0) is 13.9. The van der Waals surface area contributed by atoms with Crippen molar-refractivity contribution >= 4 is 17.5 Å². The van der Waals surface area contributed by atoms with Crippen LogP contribution in [-0.2, 0) is 13.0 Å². The van der Waals surface area contributed by atoms with Crippen LogP contribution in [0.2, 0.25) is 5.02 Å². The molecule has 0 fully saturated rings. The molecule has 2 nitrogen and oxygen atoms in total. The van der Waals surface area contributed by atoms with Crippen molar-refractivity contribution in [2.45, 2.75) is 19.4 Å². The summed E-state index contributed by atoms with van der Waals surface area (Å²) in [7, 11) is 0. The molecule has 1 aliphatic rings. The minimum atomic E-state index is 0.153. The third-order valence-electron chi connectivity index (χ3n) is 3.73. The Morgan fingerprint density at radius 2 is 1.80 bits per heavy atom. The fourth-order valence-electron chi connectivity index (χ4n) is 2.66. The van der Waals surface area contributed by atoms with Gasteiger partial charge in [-0.15, -0.1) is 0 Å². The summed E-state index contributed by atoms with van der Waals surface area (Å²) in [6.45, 7) is 1.51. The first-order chi connectivity index (χ1) is 9.75. The molecule has 0 saturated carbocycles. The summed E-state index contributed by atoms with van der Waals surface area (Å²) in [6.07, 6.45) is 1.84. The molecule has 0 aliphatic carbocycles. The van der Waals surface area contributed by atoms with E-state index in [1.54, 1.807) is 0 Å². The van der Waals surface area contributed by atoms with E-state index < -0.39 is 0 Å². The van der Waals surface area contributed by atoms with E-state index in [2.05, 4.69) is 0 Å². The van der Waals surface area contributed by atoms with Gasteiger partial charge in [-0.25, -0.2) is 0 Å². The van der Waals surface area contributed by atoms with Gasteiger partial charge >= 0.3 is 0 Å². The van der Waals surface area contributed by atoms with Gasteiger partial charge in [0.05, 0.1) is 0 Å². The lowest BCUT2D eigenvalue weighted by atomic mass is 10.1. The van der Waals surface area contributed by atoms with E-state index >= 15 is 0 Å². The third kappa shape index (κ3) is 2.56. The normalized spacial score (nSPS) is 13.7. The Kier molecular flexibility index (Phi) is 3.75. The van der Waals surface area contributed by atoms with Crippen LogP contribution >= 0.6 is 11.6 Å². The molecular weight excluding hydrogens is 270 g/mol. The fourth-order valence-corrected chi connectivity index (χ4v) is 2.89. The highest BCUT2D eigenvalue weighted by atomic mass is 35.5. The van der Waals surface area contributed by atoms with Gasteiger partial charge in [-0.05, 0) is 36.1 Å². The molecule has 3 rings (SSSR count). The number of halogens is 1. The van der Waals surface area contributed by atoms with Gasteiger partial charge in [0.1, 0.15) is 0 Å². The molecule has 1 heterocycles. The summed E-state index contributed by atoms with van der Waals surface area (Å²) in [5.41, 5.74) is 3.14. The molecule has 3 heteroatoms. The molecule has 1 amide bonds. The number of rotatable bonds is 4. The van der Waals surface area contributed by atoms with Gasteiger partial charge in [0, 0.05) is 23.7 Å². The molecule has 0 N–H and O–H groups in total. The molecule has 2 aromatic rings. The first-order valence-electron chi connectivity index (χ1n) is 6.86. The second-order valence-corrected chi connectivity index (χ2v) is 5.49. The number of hydrogen-bond acceptors (Lipinski definition) is 1. The summed E-state index contributed by atoms with van der Waals surface area (Å²) in [4.78, 5) is 14.1. The molecule has 0 radical (unpaired) electrons. The van der Waals surface area contributed by atoms with E-state index in [9.17, 15) is 4.79 Å². The van der Waals surface area contributed by atoms with Gasteiger partial charge in [-0.3, -0.25) is 4.79 Å². The molecule has 0 aromatic heterocycles. The number of hydrogen-bond donors (Lipinski definition) is 0. The Morgan fingerprint density at radius 1 is 1.05 bits per heavy atom. The second-order valence-electron chi connectivity index (χ2n) is 5.08. The minimum absolute atomic E-state index is 0.153. The molecule has 0 spiro atoms. The van der Waals surface area contributed by atoms with Crippen LogP contribution < -0.4 is 0 Å². The topological polar surface area (TPSA) is 20.3 Å². The Morgan fingerprint density at radius 3 is 2.60 bits per heavy atom. The summed E-state index contributed by atoms with van der Waals surface area (Å²) in [6, 6.07) is 15.7.